The zero-order chi connectivity index (χ0) is 16.1. The molecule has 1 atom stereocenters. The minimum atomic E-state index is -0.0347. The Bertz CT molecular complexity index is 608. The number of furan rings is 1. The summed E-state index contributed by atoms with van der Waals surface area (Å²) in [7, 11) is 0. The average molecular weight is 349 g/mol. The lowest BCUT2D eigenvalue weighted by atomic mass is 9.97. The fraction of sp³-hybridized carbons (Fsp3) is 0.421. The number of nitrogens with zero attached hydrogens (tertiary/aromatic N) is 1. The lowest BCUT2D eigenvalue weighted by Crippen LogP contribution is -2.41. The van der Waals surface area contributed by atoms with E-state index in [0.717, 1.165) is 24.8 Å². The molecule has 24 heavy (non-hydrogen) atoms. The fourth-order valence-corrected chi connectivity index (χ4v) is 3.11. The summed E-state index contributed by atoms with van der Waals surface area (Å²) in [6.45, 7) is 4.97. The monoisotopic (exact) mass is 348 g/mol. The van der Waals surface area contributed by atoms with E-state index in [9.17, 15) is 4.79 Å². The number of carbonyl (C=O) groups excluding carboxylic acids is 1. The molecular weight excluding hydrogens is 324 g/mol. The Kier molecular flexibility index (Phi) is 6.88. The molecule has 1 aromatic carbocycles. The van der Waals surface area contributed by atoms with E-state index in [4.69, 9.17) is 4.42 Å². The van der Waals surface area contributed by atoms with Gasteiger partial charge in [0.15, 0.2) is 0 Å². The van der Waals surface area contributed by atoms with Crippen molar-refractivity contribution in [1.29, 1.82) is 0 Å². The van der Waals surface area contributed by atoms with Gasteiger partial charge in [0.1, 0.15) is 5.76 Å². The molecule has 0 bridgehead atoms. The van der Waals surface area contributed by atoms with Crippen molar-refractivity contribution in [2.75, 3.05) is 19.6 Å². The summed E-state index contributed by atoms with van der Waals surface area (Å²) >= 11 is 0. The Labute approximate surface area is 149 Å². The van der Waals surface area contributed by atoms with Crippen LogP contribution in [0.2, 0.25) is 0 Å². The van der Waals surface area contributed by atoms with Gasteiger partial charge in [-0.05, 0) is 56.1 Å². The van der Waals surface area contributed by atoms with Crippen LogP contribution in [0.1, 0.15) is 41.9 Å². The molecule has 1 fully saturated rings. The van der Waals surface area contributed by atoms with Crippen LogP contribution in [0, 0.1) is 5.92 Å². The molecule has 1 saturated heterocycles. The van der Waals surface area contributed by atoms with E-state index in [1.165, 1.54) is 12.8 Å². The number of benzene rings is 1. The van der Waals surface area contributed by atoms with Crippen molar-refractivity contribution < 1.29 is 9.21 Å². The molecule has 1 unspecified atom stereocenters. The first-order valence-corrected chi connectivity index (χ1v) is 8.34. The van der Waals surface area contributed by atoms with Gasteiger partial charge >= 0.3 is 0 Å². The topological polar surface area (TPSA) is 45.5 Å². The Balaban J connectivity index is 0.00000208. The Morgan fingerprint density at radius 2 is 1.92 bits per heavy atom. The van der Waals surface area contributed by atoms with Gasteiger partial charge in [-0.25, -0.2) is 0 Å². The molecule has 3 rings (SSSR count). The first kappa shape index (κ1) is 18.6. The molecule has 1 aromatic heterocycles. The summed E-state index contributed by atoms with van der Waals surface area (Å²) in [5, 5.41) is 3.06. The lowest BCUT2D eigenvalue weighted by Gasteiger charge is -2.35. The Morgan fingerprint density at radius 3 is 2.54 bits per heavy atom. The third-order valence-electron chi connectivity index (χ3n) is 4.62. The van der Waals surface area contributed by atoms with Crippen LogP contribution in [0.5, 0.6) is 0 Å². The van der Waals surface area contributed by atoms with Crippen LogP contribution < -0.4 is 5.32 Å². The standard InChI is InChI=1S/C19H24N2O2.ClH/c1-15-9-11-21(12-10-15)17(18-8-5-13-23-18)14-20-19(22)16-6-3-2-4-7-16;/h2-8,13,15,17H,9-12,14H2,1H3,(H,20,22);1H. The molecule has 4 nitrogen and oxygen atoms in total. The maximum Gasteiger partial charge on any atom is 0.251 e. The quantitative estimate of drug-likeness (QED) is 0.891. The number of hydrogen-bond acceptors (Lipinski definition) is 3. The normalized spacial score (nSPS) is 17.0. The van der Waals surface area contributed by atoms with Crippen LogP contribution in [-0.4, -0.2) is 30.4 Å². The first-order chi connectivity index (χ1) is 11.2. The number of carbonyl (C=O) groups is 1. The van der Waals surface area contributed by atoms with Crippen molar-refractivity contribution in [2.24, 2.45) is 5.92 Å². The molecule has 0 radical (unpaired) electrons. The summed E-state index contributed by atoms with van der Waals surface area (Å²) < 4.78 is 5.62. The largest absolute Gasteiger partial charge is 0.468 e. The van der Waals surface area contributed by atoms with Crippen LogP contribution in [-0.2, 0) is 0 Å². The minimum Gasteiger partial charge on any atom is -0.468 e. The number of amides is 1. The smallest absolute Gasteiger partial charge is 0.251 e. The van der Waals surface area contributed by atoms with E-state index >= 15 is 0 Å². The second-order valence-corrected chi connectivity index (χ2v) is 6.33. The minimum absolute atomic E-state index is 0. The summed E-state index contributed by atoms with van der Waals surface area (Å²) in [6, 6.07) is 13.4. The first-order valence-electron chi connectivity index (χ1n) is 8.34. The van der Waals surface area contributed by atoms with Gasteiger partial charge in [-0.1, -0.05) is 25.1 Å². The molecule has 130 valence electrons. The van der Waals surface area contributed by atoms with Crippen LogP contribution in [0.4, 0.5) is 0 Å². The van der Waals surface area contributed by atoms with Crippen molar-refractivity contribution in [3.63, 3.8) is 0 Å². The van der Waals surface area contributed by atoms with E-state index in [-0.39, 0.29) is 24.4 Å². The molecule has 0 aliphatic carbocycles. The molecule has 2 aromatic rings. The molecule has 1 amide bonds. The molecule has 0 saturated carbocycles. The van der Waals surface area contributed by atoms with E-state index in [1.807, 2.05) is 42.5 Å². The third kappa shape index (κ3) is 4.62. The number of likely N-dealkylation sites (tertiary alicyclic amines) is 1. The average Bonchev–Trinajstić information content (AvgIpc) is 3.11. The van der Waals surface area contributed by atoms with Gasteiger partial charge < -0.3 is 9.73 Å². The lowest BCUT2D eigenvalue weighted by molar-refractivity contribution is 0.0895. The predicted octanol–water partition coefficient (Wildman–Crippen LogP) is 3.90. The number of rotatable bonds is 5. The van der Waals surface area contributed by atoms with Crippen molar-refractivity contribution in [3.05, 3.63) is 60.1 Å². The molecular formula is C19H25ClN2O2. The number of hydrogen-bond donors (Lipinski definition) is 1. The van der Waals surface area contributed by atoms with E-state index in [1.54, 1.807) is 6.26 Å². The Hall–Kier alpha value is -1.78. The summed E-state index contributed by atoms with van der Waals surface area (Å²) in [5.41, 5.74) is 0.693. The second kappa shape index (κ2) is 8.90. The molecule has 1 aliphatic rings. The number of halogens is 1. The Morgan fingerprint density at radius 1 is 1.21 bits per heavy atom. The van der Waals surface area contributed by atoms with Crippen LogP contribution in [0.15, 0.2) is 53.1 Å². The molecule has 2 heterocycles. The van der Waals surface area contributed by atoms with Crippen molar-refractivity contribution in [3.8, 4) is 0 Å². The van der Waals surface area contributed by atoms with Crippen LogP contribution >= 0.6 is 12.4 Å². The molecule has 1 aliphatic heterocycles. The van der Waals surface area contributed by atoms with Gasteiger partial charge in [0.2, 0.25) is 0 Å². The molecule has 0 spiro atoms. The summed E-state index contributed by atoms with van der Waals surface area (Å²) in [5.74, 6) is 1.67. The summed E-state index contributed by atoms with van der Waals surface area (Å²) in [4.78, 5) is 14.7. The zero-order valence-electron chi connectivity index (χ0n) is 14.0. The third-order valence-corrected chi connectivity index (χ3v) is 4.62. The van der Waals surface area contributed by atoms with Gasteiger partial charge in [0.25, 0.3) is 5.91 Å². The van der Waals surface area contributed by atoms with E-state index < -0.39 is 0 Å². The van der Waals surface area contributed by atoms with Crippen molar-refractivity contribution >= 4 is 18.3 Å². The van der Waals surface area contributed by atoms with Gasteiger partial charge in [-0.2, -0.15) is 0 Å². The van der Waals surface area contributed by atoms with Crippen LogP contribution in [0.25, 0.3) is 0 Å². The highest BCUT2D eigenvalue weighted by Gasteiger charge is 2.26. The number of nitrogens with one attached hydrogen (secondary N) is 1. The van der Waals surface area contributed by atoms with Crippen LogP contribution in [0.3, 0.4) is 0 Å². The van der Waals surface area contributed by atoms with Gasteiger partial charge in [-0.15, -0.1) is 12.4 Å². The van der Waals surface area contributed by atoms with Gasteiger partial charge in [0.05, 0.1) is 12.3 Å². The van der Waals surface area contributed by atoms with Crippen molar-refractivity contribution in [2.45, 2.75) is 25.8 Å². The predicted molar refractivity (Wildman–Crippen MR) is 97.4 cm³/mol. The maximum atomic E-state index is 12.3. The maximum absolute atomic E-state index is 12.3. The summed E-state index contributed by atoms with van der Waals surface area (Å²) in [6.07, 6.45) is 4.10. The molecule has 1 N–H and O–H groups in total. The second-order valence-electron chi connectivity index (χ2n) is 6.33. The zero-order valence-corrected chi connectivity index (χ0v) is 14.8. The molecule has 5 heteroatoms. The SMILES string of the molecule is CC1CCN(C(CNC(=O)c2ccccc2)c2ccco2)CC1.Cl. The van der Waals surface area contributed by atoms with E-state index in [2.05, 4.69) is 17.1 Å². The fourth-order valence-electron chi connectivity index (χ4n) is 3.11. The van der Waals surface area contributed by atoms with Crippen molar-refractivity contribution in [1.82, 2.24) is 10.2 Å². The number of piperidine rings is 1. The van der Waals surface area contributed by atoms with E-state index in [0.29, 0.717) is 12.1 Å². The highest BCUT2D eigenvalue weighted by Crippen LogP contribution is 2.26. The highest BCUT2D eigenvalue weighted by molar-refractivity contribution is 5.94. The highest BCUT2D eigenvalue weighted by atomic mass is 35.5. The van der Waals surface area contributed by atoms with Gasteiger partial charge in [-0.3, -0.25) is 9.69 Å². The van der Waals surface area contributed by atoms with Gasteiger partial charge in [0, 0.05) is 12.1 Å².